The van der Waals surface area contributed by atoms with Gasteiger partial charge in [-0.1, -0.05) is 313 Å². The Labute approximate surface area is 447 Å². The lowest BCUT2D eigenvalue weighted by Crippen LogP contribution is -1.80. The van der Waals surface area contributed by atoms with Gasteiger partial charge in [0.2, 0.25) is 0 Å². The minimum atomic E-state index is 1.10. The molecular formula is C75H68. The molecule has 1 aliphatic rings. The summed E-state index contributed by atoms with van der Waals surface area (Å²) in [5.74, 6) is 0. The zero-order valence-electron chi connectivity index (χ0n) is 44.4. The summed E-state index contributed by atoms with van der Waals surface area (Å²) in [6.07, 6.45) is 1.10. The number of hydrogen-bond donors (Lipinski definition) is 0. The number of hydrogen-bond acceptors (Lipinski definition) is 0. The van der Waals surface area contributed by atoms with Gasteiger partial charge in [0.05, 0.1) is 0 Å². The van der Waals surface area contributed by atoms with Crippen LogP contribution in [-0.4, -0.2) is 0 Å². The molecule has 1 aliphatic carbocycles. The SMILES string of the molecule is Cc1ccc(-c2ccccc2)cc1.Cc1ccc2c(c1)Cc1ccccc1-2.Cc1ccc2ccccc2c1.Cc1cccc(-c2ccccc2)c1.Cc1cccc2ccccc12.Cc1ccccc1-c1ccccc1. The molecule has 0 bridgehead atoms. The van der Waals surface area contributed by atoms with Crippen LogP contribution in [-0.2, 0) is 6.42 Å². The maximum atomic E-state index is 2.30. The highest BCUT2D eigenvalue weighted by Gasteiger charge is 2.16. The molecule has 0 fully saturated rings. The van der Waals surface area contributed by atoms with Crippen molar-refractivity contribution >= 4 is 21.5 Å². The summed E-state index contributed by atoms with van der Waals surface area (Å²) < 4.78 is 0. The van der Waals surface area contributed by atoms with E-state index in [9.17, 15) is 0 Å². The van der Waals surface area contributed by atoms with E-state index in [1.807, 2.05) is 18.2 Å². The van der Waals surface area contributed by atoms with Crippen LogP contribution in [0.2, 0.25) is 0 Å². The molecule has 0 radical (unpaired) electrons. The Morgan fingerprint density at radius 1 is 0.213 bits per heavy atom. The summed E-state index contributed by atoms with van der Waals surface area (Å²) in [5, 5.41) is 5.33. The van der Waals surface area contributed by atoms with Crippen LogP contribution >= 0.6 is 0 Å². The van der Waals surface area contributed by atoms with Gasteiger partial charge < -0.3 is 0 Å². The van der Waals surface area contributed by atoms with Crippen molar-refractivity contribution in [2.24, 2.45) is 0 Å². The quantitative estimate of drug-likeness (QED) is 0.166. The molecule has 0 heteroatoms. The Balaban J connectivity index is 0.000000120. The Bertz CT molecular complexity index is 3650. The molecule has 12 aromatic rings. The minimum Gasteiger partial charge on any atom is -0.0622 e. The Hall–Kier alpha value is -8.84. The summed E-state index contributed by atoms with van der Waals surface area (Å²) >= 11 is 0. The van der Waals surface area contributed by atoms with Crippen molar-refractivity contribution in [1.29, 1.82) is 0 Å². The molecule has 0 spiro atoms. The Morgan fingerprint density at radius 2 is 0.653 bits per heavy atom. The van der Waals surface area contributed by atoms with Gasteiger partial charge in [0.15, 0.2) is 0 Å². The van der Waals surface area contributed by atoms with Crippen LogP contribution in [0, 0.1) is 41.5 Å². The van der Waals surface area contributed by atoms with E-state index in [-0.39, 0.29) is 0 Å². The normalized spacial score (nSPS) is 10.5. The van der Waals surface area contributed by atoms with Crippen LogP contribution in [0.3, 0.4) is 0 Å². The van der Waals surface area contributed by atoms with Crippen molar-refractivity contribution in [3.05, 3.63) is 336 Å². The molecule has 0 heterocycles. The molecule has 75 heavy (non-hydrogen) atoms. The first-order valence-corrected chi connectivity index (χ1v) is 26.1. The van der Waals surface area contributed by atoms with Crippen molar-refractivity contribution in [3.63, 3.8) is 0 Å². The zero-order chi connectivity index (χ0) is 52.2. The predicted octanol–water partition coefficient (Wildman–Crippen LogP) is 20.8. The molecule has 0 N–H and O–H groups in total. The minimum absolute atomic E-state index is 1.10. The average Bonchev–Trinajstić information content (AvgIpc) is 3.83. The molecule has 0 saturated heterocycles. The molecule has 0 nitrogen and oxygen atoms in total. The summed E-state index contributed by atoms with van der Waals surface area (Å²) in [5.41, 5.74) is 21.5. The topological polar surface area (TPSA) is 0 Å². The van der Waals surface area contributed by atoms with Gasteiger partial charge in [0.25, 0.3) is 0 Å². The summed E-state index contributed by atoms with van der Waals surface area (Å²) in [4.78, 5) is 0. The van der Waals surface area contributed by atoms with E-state index in [2.05, 4.69) is 315 Å². The van der Waals surface area contributed by atoms with Gasteiger partial charge in [0.1, 0.15) is 0 Å². The molecule has 0 amide bonds. The third-order valence-electron chi connectivity index (χ3n) is 13.4. The number of fused-ring (bicyclic) bond motifs is 5. The highest BCUT2D eigenvalue weighted by atomic mass is 14.2. The van der Waals surface area contributed by atoms with Crippen LogP contribution in [0.1, 0.15) is 44.5 Å². The lowest BCUT2D eigenvalue weighted by molar-refractivity contribution is 1.25. The average molecular weight is 969 g/mol. The summed E-state index contributed by atoms with van der Waals surface area (Å²) in [6, 6.07) is 102. The van der Waals surface area contributed by atoms with Gasteiger partial charge >= 0.3 is 0 Å². The van der Waals surface area contributed by atoms with Gasteiger partial charge in [-0.05, 0) is 136 Å². The molecular weight excluding hydrogens is 901 g/mol. The molecule has 12 aromatic carbocycles. The van der Waals surface area contributed by atoms with Gasteiger partial charge in [-0.15, -0.1) is 0 Å². The van der Waals surface area contributed by atoms with E-state index in [0.29, 0.717) is 0 Å². The van der Waals surface area contributed by atoms with E-state index in [0.717, 1.165) is 6.42 Å². The van der Waals surface area contributed by atoms with E-state index < -0.39 is 0 Å². The van der Waals surface area contributed by atoms with Crippen LogP contribution in [0.5, 0.6) is 0 Å². The zero-order valence-corrected chi connectivity index (χ0v) is 44.4. The third kappa shape index (κ3) is 15.1. The first-order valence-electron chi connectivity index (χ1n) is 26.1. The van der Waals surface area contributed by atoms with Crippen LogP contribution < -0.4 is 0 Å². The van der Waals surface area contributed by atoms with Crippen molar-refractivity contribution in [1.82, 2.24) is 0 Å². The molecule has 0 atom stereocenters. The molecule has 0 saturated carbocycles. The number of benzene rings is 12. The molecule has 0 aliphatic heterocycles. The second-order valence-corrected chi connectivity index (χ2v) is 19.3. The van der Waals surface area contributed by atoms with Crippen molar-refractivity contribution in [3.8, 4) is 44.5 Å². The van der Waals surface area contributed by atoms with Gasteiger partial charge in [-0.25, -0.2) is 0 Å². The monoisotopic (exact) mass is 969 g/mol. The van der Waals surface area contributed by atoms with Crippen molar-refractivity contribution in [2.75, 3.05) is 0 Å². The van der Waals surface area contributed by atoms with E-state index in [1.54, 1.807) is 0 Å². The molecule has 13 rings (SSSR count). The first-order chi connectivity index (χ1) is 36.7. The largest absolute Gasteiger partial charge is 0.0622 e. The fraction of sp³-hybridized carbons (Fsp3) is 0.0933. The number of aryl methyl sites for hydroxylation is 6. The van der Waals surface area contributed by atoms with Crippen LogP contribution in [0.25, 0.3) is 66.1 Å². The maximum Gasteiger partial charge on any atom is -0.00134 e. The number of rotatable bonds is 3. The van der Waals surface area contributed by atoms with E-state index >= 15 is 0 Å². The summed E-state index contributed by atoms with van der Waals surface area (Å²) in [7, 11) is 0. The highest BCUT2D eigenvalue weighted by Crippen LogP contribution is 2.36. The van der Waals surface area contributed by atoms with E-state index in [4.69, 9.17) is 0 Å². The maximum absolute atomic E-state index is 2.30. The lowest BCUT2D eigenvalue weighted by Gasteiger charge is -2.04. The van der Waals surface area contributed by atoms with Gasteiger partial charge in [-0.2, -0.15) is 0 Å². The van der Waals surface area contributed by atoms with Crippen LogP contribution in [0.4, 0.5) is 0 Å². The van der Waals surface area contributed by atoms with Crippen LogP contribution in [0.15, 0.2) is 291 Å². The molecule has 0 unspecified atom stereocenters. The Morgan fingerprint density at radius 3 is 1.32 bits per heavy atom. The predicted molar refractivity (Wildman–Crippen MR) is 327 cm³/mol. The first kappa shape index (κ1) is 52.5. The Kier molecular flexibility index (Phi) is 18.7. The molecule has 0 aromatic heterocycles. The fourth-order valence-electron chi connectivity index (χ4n) is 9.32. The standard InChI is InChI=1S/C14H12.3C13H12.2C11H10/c1-10-6-7-14-12(8-10)9-11-4-2-3-5-13(11)14;1-11-7-5-6-10-13(11)12-8-3-2-4-9-12;1-11-6-5-9-13(10-11)12-7-3-2-4-8-12;1-11-7-9-13(10-8-11)12-5-3-2-4-6-12;1-9-5-4-7-10-6-2-3-8-11(9)10;1-9-6-7-10-4-2-3-5-11(10)8-9/h2-8H,9H2,1H3;3*2-10H,1H3;2*2-8H,1H3. The molecule has 368 valence electrons. The van der Waals surface area contributed by atoms with Gasteiger partial charge in [-0.3, -0.25) is 0 Å². The fourth-order valence-corrected chi connectivity index (χ4v) is 9.32. The lowest BCUT2D eigenvalue weighted by atomic mass is 10.0. The smallest absolute Gasteiger partial charge is 0.00134 e. The second kappa shape index (κ2) is 26.7. The van der Waals surface area contributed by atoms with Gasteiger partial charge in [0, 0.05) is 0 Å². The highest BCUT2D eigenvalue weighted by molar-refractivity contribution is 5.85. The van der Waals surface area contributed by atoms with E-state index in [1.165, 1.54) is 111 Å². The van der Waals surface area contributed by atoms with Crippen molar-refractivity contribution in [2.45, 2.75) is 48.0 Å². The third-order valence-corrected chi connectivity index (χ3v) is 13.4. The van der Waals surface area contributed by atoms with Crippen molar-refractivity contribution < 1.29 is 0 Å². The second-order valence-electron chi connectivity index (χ2n) is 19.3. The summed E-state index contributed by atoms with van der Waals surface area (Å²) in [6.45, 7) is 12.8.